The van der Waals surface area contributed by atoms with E-state index in [4.69, 9.17) is 18.9 Å². The first kappa shape index (κ1) is 48.4. The van der Waals surface area contributed by atoms with E-state index in [1.54, 1.807) is 0 Å². The van der Waals surface area contributed by atoms with Gasteiger partial charge in [0.05, 0.1) is 6.61 Å². The van der Waals surface area contributed by atoms with Gasteiger partial charge < -0.3 is 34.3 Å². The summed E-state index contributed by atoms with van der Waals surface area (Å²) in [6.07, 6.45) is 25.9. The van der Waals surface area contributed by atoms with E-state index < -0.39 is 71.2 Å². The highest BCUT2D eigenvalue weighted by Gasteiger charge is 2.46. The summed E-state index contributed by atoms with van der Waals surface area (Å²) in [5, 5.41) is 30.7. The van der Waals surface area contributed by atoms with Gasteiger partial charge in [-0.15, -0.1) is 0 Å². The minimum absolute atomic E-state index is 0.139. The Bertz CT molecular complexity index is 1230. The van der Waals surface area contributed by atoms with Crippen LogP contribution in [0.2, 0.25) is 0 Å². The van der Waals surface area contributed by atoms with E-state index in [2.05, 4.69) is 62.5 Å². The van der Waals surface area contributed by atoms with Crippen LogP contribution in [0.3, 0.4) is 0 Å². The van der Waals surface area contributed by atoms with Crippen LogP contribution in [0, 0.1) is 0 Å². The number of unbranched alkanes of at least 4 members (excludes halogenated alkanes) is 8. The second-order valence-corrected chi connectivity index (χ2v) is 14.7. The van der Waals surface area contributed by atoms with E-state index in [1.807, 2.05) is 12.2 Å². The molecule has 0 aromatic carbocycles. The van der Waals surface area contributed by atoms with Crippen LogP contribution in [0.4, 0.5) is 0 Å². The first-order valence-electron chi connectivity index (χ1n) is 19.3. The van der Waals surface area contributed by atoms with Crippen LogP contribution >= 0.6 is 0 Å². The van der Waals surface area contributed by atoms with E-state index in [9.17, 15) is 37.9 Å². The van der Waals surface area contributed by atoms with Gasteiger partial charge in [-0.05, 0) is 51.4 Å². The Hall–Kier alpha value is -2.65. The highest BCUT2D eigenvalue weighted by molar-refractivity contribution is 7.85. The summed E-state index contributed by atoms with van der Waals surface area (Å²) in [6.45, 7) is 3.51. The molecule has 1 aliphatic heterocycles. The molecule has 53 heavy (non-hydrogen) atoms. The Morgan fingerprint density at radius 2 is 1.19 bits per heavy atom. The highest BCUT2D eigenvalue weighted by Crippen LogP contribution is 2.24. The molecule has 1 aliphatic rings. The maximum absolute atomic E-state index is 12.7. The molecule has 1 fully saturated rings. The van der Waals surface area contributed by atoms with Gasteiger partial charge in [0.15, 0.2) is 12.4 Å². The summed E-state index contributed by atoms with van der Waals surface area (Å²) < 4.78 is 53.7. The van der Waals surface area contributed by atoms with Crippen LogP contribution in [-0.4, -0.2) is 96.0 Å². The Labute approximate surface area is 317 Å². The number of aliphatic hydroxyl groups is 3. The summed E-state index contributed by atoms with van der Waals surface area (Å²) in [5.74, 6) is -2.07. The molecule has 0 amide bonds. The molecule has 0 bridgehead atoms. The van der Waals surface area contributed by atoms with Crippen molar-refractivity contribution in [3.05, 3.63) is 60.8 Å². The van der Waals surface area contributed by atoms with Crippen LogP contribution in [0.25, 0.3) is 0 Å². The molecule has 13 heteroatoms. The summed E-state index contributed by atoms with van der Waals surface area (Å²) in [4.78, 5) is 25.1. The lowest BCUT2D eigenvalue weighted by Crippen LogP contribution is -2.60. The SMILES string of the molecule is CC/C=C/C/C=C/C/C=C/C/C=C/C/C=C/CCCC(=O)OC[C@H](CO[C@H]1O[C@H](CS(=O)(=O)O)[C@@H](O)C(O)C1O)OC(=O)CCCCCCCCCC. The third-order valence-electron chi connectivity index (χ3n) is 8.36. The molecule has 0 spiro atoms. The minimum atomic E-state index is -4.60. The lowest BCUT2D eigenvalue weighted by atomic mass is 10.00. The van der Waals surface area contributed by atoms with Crippen molar-refractivity contribution in [1.29, 1.82) is 0 Å². The number of aliphatic hydroxyl groups excluding tert-OH is 3. The van der Waals surface area contributed by atoms with Crippen molar-refractivity contribution in [2.45, 2.75) is 160 Å². The van der Waals surface area contributed by atoms with E-state index in [1.165, 1.54) is 19.3 Å². The molecule has 0 aromatic rings. The van der Waals surface area contributed by atoms with Gasteiger partial charge in [0.2, 0.25) is 0 Å². The van der Waals surface area contributed by atoms with Crippen LogP contribution in [-0.2, 0) is 38.7 Å². The van der Waals surface area contributed by atoms with Gasteiger partial charge in [-0.2, -0.15) is 8.42 Å². The smallest absolute Gasteiger partial charge is 0.306 e. The number of ether oxygens (including phenoxy) is 4. The van der Waals surface area contributed by atoms with Crippen molar-refractivity contribution in [2.75, 3.05) is 19.0 Å². The average molecular weight is 771 g/mol. The minimum Gasteiger partial charge on any atom is -0.462 e. The number of hydrogen-bond donors (Lipinski definition) is 4. The summed E-state index contributed by atoms with van der Waals surface area (Å²) in [7, 11) is -4.60. The van der Waals surface area contributed by atoms with Gasteiger partial charge in [0.1, 0.15) is 36.8 Å². The Morgan fingerprint density at radius 3 is 1.75 bits per heavy atom. The first-order chi connectivity index (χ1) is 25.5. The van der Waals surface area contributed by atoms with E-state index in [0.29, 0.717) is 19.3 Å². The molecule has 6 atom stereocenters. The van der Waals surface area contributed by atoms with Crippen molar-refractivity contribution in [3.63, 3.8) is 0 Å². The largest absolute Gasteiger partial charge is 0.462 e. The molecular formula is C40H66O12S. The first-order valence-corrected chi connectivity index (χ1v) is 21.0. The van der Waals surface area contributed by atoms with Crippen molar-refractivity contribution in [3.8, 4) is 0 Å². The molecule has 1 rings (SSSR count). The number of carbonyl (C=O) groups excluding carboxylic acids is 2. The molecule has 0 radical (unpaired) electrons. The Kier molecular flexibility index (Phi) is 28.0. The summed E-state index contributed by atoms with van der Waals surface area (Å²) in [6, 6.07) is 0. The molecule has 304 valence electrons. The zero-order chi connectivity index (χ0) is 39.2. The fourth-order valence-electron chi connectivity index (χ4n) is 5.36. The lowest BCUT2D eigenvalue weighted by Gasteiger charge is -2.40. The molecule has 1 saturated heterocycles. The van der Waals surface area contributed by atoms with Gasteiger partial charge >= 0.3 is 11.9 Å². The number of allylic oxidation sites excluding steroid dienone is 10. The zero-order valence-electron chi connectivity index (χ0n) is 31.8. The number of hydrogen-bond acceptors (Lipinski definition) is 11. The standard InChI is InChI=1S/C40H66O12S/c1-3-5-7-9-11-13-14-15-16-17-18-19-20-21-23-24-26-28-35(41)49-30-33(51-36(42)29-27-25-22-12-10-8-6-4-2)31-50-40-39(45)38(44)37(43)34(52-40)32-53(46,47)48/h5,7,11,13,15-16,18-19,21,23,33-34,37-40,43-45H,3-4,6,8-10,12,14,17,20,22,24-32H2,1-2H3,(H,46,47,48)/b7-5+,13-11+,16-15+,19-18+,23-21+/t33-,34-,37-,38?,39?,40+/m1/s1. The van der Waals surface area contributed by atoms with E-state index in [-0.39, 0.29) is 19.4 Å². The Balaban J connectivity index is 2.53. The molecule has 4 N–H and O–H groups in total. The molecule has 0 saturated carbocycles. The topological polar surface area (TPSA) is 186 Å². The normalized spacial score (nSPS) is 21.8. The molecule has 2 unspecified atom stereocenters. The molecule has 0 aliphatic carbocycles. The number of rotatable bonds is 30. The number of esters is 2. The van der Waals surface area contributed by atoms with Gasteiger partial charge in [0.25, 0.3) is 10.1 Å². The van der Waals surface area contributed by atoms with Gasteiger partial charge in [-0.3, -0.25) is 14.1 Å². The maximum Gasteiger partial charge on any atom is 0.306 e. The highest BCUT2D eigenvalue weighted by atomic mass is 32.2. The maximum atomic E-state index is 12.7. The predicted molar refractivity (Wildman–Crippen MR) is 205 cm³/mol. The van der Waals surface area contributed by atoms with Crippen LogP contribution in [0.1, 0.15) is 123 Å². The second kappa shape index (κ2) is 30.7. The number of carbonyl (C=O) groups is 2. The fourth-order valence-corrected chi connectivity index (χ4v) is 6.05. The zero-order valence-corrected chi connectivity index (χ0v) is 32.7. The van der Waals surface area contributed by atoms with Crippen LogP contribution in [0.5, 0.6) is 0 Å². The van der Waals surface area contributed by atoms with Gasteiger partial charge in [-0.1, -0.05) is 120 Å². The third kappa shape index (κ3) is 25.9. The van der Waals surface area contributed by atoms with Gasteiger partial charge in [-0.25, -0.2) is 0 Å². The predicted octanol–water partition coefficient (Wildman–Crippen LogP) is 6.61. The second-order valence-electron chi connectivity index (χ2n) is 13.2. The fraction of sp³-hybridized carbons (Fsp3) is 0.700. The third-order valence-corrected chi connectivity index (χ3v) is 9.11. The van der Waals surface area contributed by atoms with Crippen molar-refractivity contribution in [2.24, 2.45) is 0 Å². The monoisotopic (exact) mass is 770 g/mol. The molecule has 0 aromatic heterocycles. The van der Waals surface area contributed by atoms with Crippen molar-refractivity contribution in [1.82, 2.24) is 0 Å². The Morgan fingerprint density at radius 1 is 0.660 bits per heavy atom. The summed E-state index contributed by atoms with van der Waals surface area (Å²) in [5.41, 5.74) is 0. The van der Waals surface area contributed by atoms with Crippen LogP contribution in [0.15, 0.2) is 60.8 Å². The molecule has 12 nitrogen and oxygen atoms in total. The van der Waals surface area contributed by atoms with Crippen LogP contribution < -0.4 is 0 Å². The summed E-state index contributed by atoms with van der Waals surface area (Å²) >= 11 is 0. The molecule has 1 heterocycles. The van der Waals surface area contributed by atoms with Crippen molar-refractivity contribution >= 4 is 22.1 Å². The van der Waals surface area contributed by atoms with E-state index >= 15 is 0 Å². The average Bonchev–Trinajstić information content (AvgIpc) is 3.12. The van der Waals surface area contributed by atoms with E-state index in [0.717, 1.165) is 57.8 Å². The van der Waals surface area contributed by atoms with Crippen molar-refractivity contribution < 1.29 is 56.8 Å². The lowest BCUT2D eigenvalue weighted by molar-refractivity contribution is -0.297. The molecular weight excluding hydrogens is 704 g/mol. The van der Waals surface area contributed by atoms with Gasteiger partial charge in [0, 0.05) is 12.8 Å². The quantitative estimate of drug-likeness (QED) is 0.0266.